The number of hydrogen-bond acceptors (Lipinski definition) is 3. The van der Waals surface area contributed by atoms with Crippen molar-refractivity contribution in [2.24, 2.45) is 0 Å². The third kappa shape index (κ3) is 2.11. The van der Waals surface area contributed by atoms with Crippen molar-refractivity contribution in [2.75, 3.05) is 19.3 Å². The van der Waals surface area contributed by atoms with E-state index in [1.165, 1.54) is 38.6 Å². The summed E-state index contributed by atoms with van der Waals surface area (Å²) in [4.78, 5) is 2.15. The minimum absolute atomic E-state index is 0.502. The molecule has 0 bridgehead atoms. The van der Waals surface area contributed by atoms with Crippen LogP contribution in [0.15, 0.2) is 91.6 Å². The second-order valence-corrected chi connectivity index (χ2v) is 9.03. The van der Waals surface area contributed by atoms with Crippen LogP contribution in [0.4, 0.5) is 5.69 Å². The first kappa shape index (κ1) is 18.4. The van der Waals surface area contributed by atoms with Gasteiger partial charge in [0.25, 0.3) is 0 Å². The highest BCUT2D eigenvalue weighted by molar-refractivity contribution is 6.13. The van der Waals surface area contributed by atoms with Gasteiger partial charge >= 0.3 is 0 Å². The quantitative estimate of drug-likeness (QED) is 0.348. The predicted molar refractivity (Wildman–Crippen MR) is 134 cm³/mol. The van der Waals surface area contributed by atoms with E-state index in [4.69, 9.17) is 10.5 Å². The van der Waals surface area contributed by atoms with E-state index in [9.17, 15) is 0 Å². The van der Waals surface area contributed by atoms with E-state index in [0.29, 0.717) is 6.54 Å². The lowest BCUT2D eigenvalue weighted by molar-refractivity contribution is 0.345. The van der Waals surface area contributed by atoms with Gasteiger partial charge in [-0.05, 0) is 48.2 Å². The van der Waals surface area contributed by atoms with Crippen LogP contribution in [-0.4, -0.2) is 23.1 Å². The molecule has 0 spiro atoms. The Morgan fingerprint density at radius 1 is 0.909 bits per heavy atom. The summed E-state index contributed by atoms with van der Waals surface area (Å²) in [6.07, 6.45) is 1.88. The molecule has 0 saturated carbocycles. The molecule has 0 saturated heterocycles. The molecule has 2 aliphatic rings. The van der Waals surface area contributed by atoms with E-state index < -0.39 is 5.41 Å². The number of aromatic nitrogens is 1. The average molecular weight is 430 g/mol. The molecule has 33 heavy (non-hydrogen) atoms. The minimum Gasteiger partial charge on any atom is -0.457 e. The number of rotatable bonds is 3. The van der Waals surface area contributed by atoms with E-state index in [1.54, 1.807) is 0 Å². The Bertz CT molecular complexity index is 1630. The van der Waals surface area contributed by atoms with Crippen LogP contribution in [0.25, 0.3) is 27.5 Å². The smallest absolute Gasteiger partial charge is 0.134 e. The average Bonchev–Trinajstić information content (AvgIpc) is 3.18. The number of likely N-dealkylation sites (N-methyl/N-ethyl adjacent to an activating group) is 1. The zero-order valence-corrected chi connectivity index (χ0v) is 18.4. The lowest BCUT2D eigenvalue weighted by Gasteiger charge is -2.46. The van der Waals surface area contributed by atoms with Crippen LogP contribution in [0.5, 0.6) is 11.5 Å². The molecular weight excluding hydrogens is 406 g/mol. The number of nitrogen functional groups attached to an aromatic ring is 1. The number of benzene rings is 4. The molecule has 2 N–H and O–H groups in total. The molecule has 1 unspecified atom stereocenters. The Hall–Kier alpha value is -4.18. The SMILES string of the molecule is C=CN(C)CC12c3ccccc3-n3c4ccccc4c4ccc(c1c43)Oc1cccc(N)c12. The van der Waals surface area contributed by atoms with Crippen LogP contribution in [0.2, 0.25) is 0 Å². The number of fused-ring (bicyclic) bond motifs is 8. The lowest BCUT2D eigenvalue weighted by atomic mass is 9.64. The summed E-state index contributed by atoms with van der Waals surface area (Å²) in [5.74, 6) is 1.70. The molecular formula is C29H23N3O. The highest BCUT2D eigenvalue weighted by Gasteiger charge is 2.51. The molecule has 1 atom stereocenters. The minimum atomic E-state index is -0.502. The molecule has 0 radical (unpaired) electrons. The summed E-state index contributed by atoms with van der Waals surface area (Å²) in [5.41, 5.74) is 14.0. The molecule has 3 heterocycles. The number of hydrogen-bond donors (Lipinski definition) is 1. The van der Waals surface area contributed by atoms with Gasteiger partial charge < -0.3 is 19.9 Å². The van der Waals surface area contributed by atoms with Gasteiger partial charge in [0.15, 0.2) is 0 Å². The van der Waals surface area contributed by atoms with E-state index in [-0.39, 0.29) is 0 Å². The van der Waals surface area contributed by atoms with E-state index in [2.05, 4.69) is 83.8 Å². The van der Waals surface area contributed by atoms with Gasteiger partial charge in [0, 0.05) is 41.2 Å². The molecule has 4 nitrogen and oxygen atoms in total. The second kappa shape index (κ2) is 6.20. The van der Waals surface area contributed by atoms with Gasteiger partial charge in [0.2, 0.25) is 0 Å². The molecule has 7 rings (SSSR count). The van der Waals surface area contributed by atoms with Crippen molar-refractivity contribution in [1.29, 1.82) is 0 Å². The van der Waals surface area contributed by atoms with Crippen LogP contribution in [-0.2, 0) is 5.41 Å². The molecule has 0 amide bonds. The molecule has 1 aromatic heterocycles. The zero-order chi connectivity index (χ0) is 22.3. The van der Waals surface area contributed by atoms with Gasteiger partial charge in [-0.25, -0.2) is 0 Å². The van der Waals surface area contributed by atoms with Crippen molar-refractivity contribution in [3.05, 3.63) is 108 Å². The largest absolute Gasteiger partial charge is 0.457 e. The van der Waals surface area contributed by atoms with Crippen molar-refractivity contribution in [2.45, 2.75) is 5.41 Å². The van der Waals surface area contributed by atoms with Crippen molar-refractivity contribution in [3.8, 4) is 17.2 Å². The summed E-state index contributed by atoms with van der Waals surface area (Å²) in [6, 6.07) is 27.6. The van der Waals surface area contributed by atoms with Crippen molar-refractivity contribution in [3.63, 3.8) is 0 Å². The van der Waals surface area contributed by atoms with Gasteiger partial charge in [0.1, 0.15) is 11.5 Å². The first-order valence-corrected chi connectivity index (χ1v) is 11.2. The zero-order valence-electron chi connectivity index (χ0n) is 18.4. The number of anilines is 1. The third-order valence-electron chi connectivity index (χ3n) is 7.33. The number of para-hydroxylation sites is 2. The first-order chi connectivity index (χ1) is 16.1. The fourth-order valence-corrected chi connectivity index (χ4v) is 6.10. The van der Waals surface area contributed by atoms with Crippen molar-refractivity contribution in [1.82, 2.24) is 9.47 Å². The number of nitrogens with zero attached hydrogens (tertiary/aromatic N) is 2. The van der Waals surface area contributed by atoms with Gasteiger partial charge in [-0.1, -0.05) is 49.0 Å². The molecule has 160 valence electrons. The Morgan fingerprint density at radius 3 is 2.58 bits per heavy atom. The maximum absolute atomic E-state index is 6.73. The highest BCUT2D eigenvalue weighted by Crippen LogP contribution is 2.60. The summed E-state index contributed by atoms with van der Waals surface area (Å²) >= 11 is 0. The lowest BCUT2D eigenvalue weighted by Crippen LogP contribution is -2.44. The summed E-state index contributed by atoms with van der Waals surface area (Å²) in [5, 5.41) is 2.47. The van der Waals surface area contributed by atoms with Crippen LogP contribution in [0.1, 0.15) is 16.7 Å². The van der Waals surface area contributed by atoms with Crippen molar-refractivity contribution >= 4 is 27.5 Å². The Kier molecular flexibility index (Phi) is 3.46. The van der Waals surface area contributed by atoms with Crippen LogP contribution >= 0.6 is 0 Å². The summed E-state index contributed by atoms with van der Waals surface area (Å²) in [7, 11) is 2.07. The molecule has 2 aliphatic heterocycles. The fraction of sp³-hybridized carbons (Fsp3) is 0.103. The van der Waals surface area contributed by atoms with Crippen molar-refractivity contribution < 1.29 is 4.74 Å². The number of nitrogens with two attached hydrogens (primary N) is 1. The van der Waals surface area contributed by atoms with Gasteiger partial charge in [-0.3, -0.25) is 0 Å². The monoisotopic (exact) mass is 429 g/mol. The van der Waals surface area contributed by atoms with Gasteiger partial charge in [-0.2, -0.15) is 0 Å². The summed E-state index contributed by atoms with van der Waals surface area (Å²) in [6.45, 7) is 4.75. The van der Waals surface area contributed by atoms with Crippen LogP contribution < -0.4 is 10.5 Å². The number of ether oxygens (including phenoxy) is 1. The molecule has 0 aliphatic carbocycles. The third-order valence-corrected chi connectivity index (χ3v) is 7.33. The Labute approximate surface area is 192 Å². The summed E-state index contributed by atoms with van der Waals surface area (Å²) < 4.78 is 8.94. The Balaban J connectivity index is 1.78. The van der Waals surface area contributed by atoms with E-state index in [1.807, 2.05) is 24.4 Å². The maximum atomic E-state index is 6.73. The van der Waals surface area contributed by atoms with Crippen LogP contribution in [0.3, 0.4) is 0 Å². The molecule has 5 aromatic rings. The normalized spacial score (nSPS) is 17.4. The van der Waals surface area contributed by atoms with Gasteiger partial charge in [-0.15, -0.1) is 0 Å². The van der Waals surface area contributed by atoms with Crippen LogP contribution in [0, 0.1) is 0 Å². The van der Waals surface area contributed by atoms with E-state index >= 15 is 0 Å². The molecule has 4 aromatic carbocycles. The van der Waals surface area contributed by atoms with Gasteiger partial charge in [0.05, 0.1) is 22.1 Å². The second-order valence-electron chi connectivity index (χ2n) is 9.03. The maximum Gasteiger partial charge on any atom is 0.134 e. The molecule has 0 fully saturated rings. The fourth-order valence-electron chi connectivity index (χ4n) is 6.10. The Morgan fingerprint density at radius 2 is 1.70 bits per heavy atom. The molecule has 4 heteroatoms. The van der Waals surface area contributed by atoms with E-state index in [0.717, 1.165) is 22.7 Å². The highest BCUT2D eigenvalue weighted by atomic mass is 16.5. The predicted octanol–water partition coefficient (Wildman–Crippen LogP) is 6.19. The topological polar surface area (TPSA) is 43.4 Å². The first-order valence-electron chi connectivity index (χ1n) is 11.2. The standard InChI is InChI=1S/C29H23N3O/c1-3-31(2)17-29-20-10-5-7-13-23(20)32-22-12-6-4-9-18(22)19-15-16-25(27(29)28(19)32)33-24-14-8-11-21(30)26(24)29/h3-16H,1,17,30H2,2H3.